The second-order valence-electron chi connectivity index (χ2n) is 2.97. The molecule has 1 N–H and O–H groups in total. The zero-order chi connectivity index (χ0) is 10.1. The minimum atomic E-state index is -0.575. The van der Waals surface area contributed by atoms with Crippen molar-refractivity contribution in [1.82, 2.24) is 0 Å². The van der Waals surface area contributed by atoms with E-state index in [4.69, 9.17) is 11.6 Å². The van der Waals surface area contributed by atoms with E-state index in [2.05, 4.69) is 0 Å². The Hall–Kier alpha value is -0.350. The van der Waals surface area contributed by atoms with E-state index in [0.29, 0.717) is 5.02 Å². The van der Waals surface area contributed by atoms with Crippen LogP contribution in [0.15, 0.2) is 22.9 Å². The van der Waals surface area contributed by atoms with Crippen LogP contribution >= 0.6 is 34.3 Å². The van der Waals surface area contributed by atoms with Crippen molar-refractivity contribution in [3.63, 3.8) is 0 Å². The summed E-state index contributed by atoms with van der Waals surface area (Å²) in [5.41, 5.74) is 0.958. The van der Waals surface area contributed by atoms with Crippen molar-refractivity contribution >= 4 is 34.3 Å². The van der Waals surface area contributed by atoms with Crippen LogP contribution in [0.5, 0.6) is 0 Å². The Morgan fingerprint density at radius 2 is 2.00 bits per heavy atom. The van der Waals surface area contributed by atoms with Crippen LogP contribution < -0.4 is 0 Å². The molecule has 2 heterocycles. The first kappa shape index (κ1) is 10.2. The lowest BCUT2D eigenvalue weighted by Crippen LogP contribution is -1.97. The number of aliphatic hydroxyl groups is 1. The summed E-state index contributed by atoms with van der Waals surface area (Å²) in [6, 6.07) is 3.76. The smallest absolute Gasteiger partial charge is 0.116 e. The van der Waals surface area contributed by atoms with Crippen LogP contribution in [-0.2, 0) is 0 Å². The summed E-state index contributed by atoms with van der Waals surface area (Å²) < 4.78 is 0. The maximum Gasteiger partial charge on any atom is 0.116 e. The van der Waals surface area contributed by atoms with Crippen LogP contribution in [0.1, 0.15) is 21.4 Å². The van der Waals surface area contributed by atoms with Gasteiger partial charge in [-0.15, -0.1) is 22.7 Å². The molecular formula is C10H9ClOS2. The zero-order valence-electron chi connectivity index (χ0n) is 7.53. The molecule has 0 saturated heterocycles. The fraction of sp³-hybridized carbons (Fsp3) is 0.200. The van der Waals surface area contributed by atoms with Crippen LogP contribution in [0.25, 0.3) is 0 Å². The van der Waals surface area contributed by atoms with Gasteiger partial charge < -0.3 is 5.11 Å². The molecule has 0 radical (unpaired) electrons. The van der Waals surface area contributed by atoms with Crippen molar-refractivity contribution in [2.75, 3.05) is 0 Å². The molecule has 0 amide bonds. The molecule has 0 aromatic carbocycles. The average molecular weight is 245 g/mol. The van der Waals surface area contributed by atoms with E-state index < -0.39 is 6.10 Å². The molecule has 4 heteroatoms. The Labute approximate surface area is 95.6 Å². The molecule has 0 spiro atoms. The number of aryl methyl sites for hydroxylation is 1. The summed E-state index contributed by atoms with van der Waals surface area (Å²) in [7, 11) is 0. The SMILES string of the molecule is Cc1sccc1C(O)c1sccc1Cl. The van der Waals surface area contributed by atoms with Gasteiger partial charge >= 0.3 is 0 Å². The molecule has 2 aromatic heterocycles. The van der Waals surface area contributed by atoms with Crippen molar-refractivity contribution in [1.29, 1.82) is 0 Å². The van der Waals surface area contributed by atoms with Gasteiger partial charge in [-0.2, -0.15) is 0 Å². The van der Waals surface area contributed by atoms with Crippen molar-refractivity contribution in [3.8, 4) is 0 Å². The number of halogens is 1. The zero-order valence-corrected chi connectivity index (χ0v) is 9.92. The van der Waals surface area contributed by atoms with Gasteiger partial charge in [-0.05, 0) is 35.4 Å². The molecule has 2 aromatic rings. The third-order valence-electron chi connectivity index (χ3n) is 2.09. The molecule has 0 fully saturated rings. The van der Waals surface area contributed by atoms with Gasteiger partial charge in [-0.1, -0.05) is 11.6 Å². The van der Waals surface area contributed by atoms with Crippen molar-refractivity contribution in [3.05, 3.63) is 43.2 Å². The van der Waals surface area contributed by atoms with Crippen molar-refractivity contribution in [2.45, 2.75) is 13.0 Å². The van der Waals surface area contributed by atoms with Crippen LogP contribution in [0.4, 0.5) is 0 Å². The van der Waals surface area contributed by atoms with Crippen LogP contribution in [0.3, 0.4) is 0 Å². The average Bonchev–Trinajstić information content (AvgIpc) is 2.73. The molecule has 0 aliphatic heterocycles. The van der Waals surface area contributed by atoms with Gasteiger partial charge in [0.2, 0.25) is 0 Å². The molecule has 74 valence electrons. The van der Waals surface area contributed by atoms with E-state index in [1.54, 1.807) is 11.3 Å². The fourth-order valence-corrected chi connectivity index (χ4v) is 3.22. The van der Waals surface area contributed by atoms with Crippen LogP contribution in [-0.4, -0.2) is 5.11 Å². The molecular weight excluding hydrogens is 236 g/mol. The highest BCUT2D eigenvalue weighted by atomic mass is 35.5. The number of hydrogen-bond donors (Lipinski definition) is 1. The standard InChI is InChI=1S/C10H9ClOS2/c1-6-7(2-4-13-6)9(12)10-8(11)3-5-14-10/h2-5,9,12H,1H3. The molecule has 0 saturated carbocycles. The number of aliphatic hydroxyl groups excluding tert-OH is 1. The van der Waals surface area contributed by atoms with E-state index in [0.717, 1.165) is 15.3 Å². The summed E-state index contributed by atoms with van der Waals surface area (Å²) >= 11 is 9.08. The van der Waals surface area contributed by atoms with Crippen molar-refractivity contribution in [2.24, 2.45) is 0 Å². The van der Waals surface area contributed by atoms with E-state index in [-0.39, 0.29) is 0 Å². The Morgan fingerprint density at radius 3 is 2.50 bits per heavy atom. The first-order valence-electron chi connectivity index (χ1n) is 4.15. The van der Waals surface area contributed by atoms with Crippen LogP contribution in [0, 0.1) is 6.92 Å². The summed E-state index contributed by atoms with van der Waals surface area (Å²) in [5, 5.41) is 14.6. The summed E-state index contributed by atoms with van der Waals surface area (Å²) in [6.07, 6.45) is -0.575. The van der Waals surface area contributed by atoms with Crippen molar-refractivity contribution < 1.29 is 5.11 Å². The Kier molecular flexibility index (Phi) is 2.93. The quantitative estimate of drug-likeness (QED) is 0.851. The molecule has 2 rings (SSSR count). The van der Waals surface area contributed by atoms with E-state index in [9.17, 15) is 5.11 Å². The normalized spacial score (nSPS) is 13.1. The number of rotatable bonds is 2. The minimum Gasteiger partial charge on any atom is -0.383 e. The summed E-state index contributed by atoms with van der Waals surface area (Å²) in [6.45, 7) is 2.00. The molecule has 14 heavy (non-hydrogen) atoms. The maximum absolute atomic E-state index is 10.1. The first-order chi connectivity index (χ1) is 6.70. The lowest BCUT2D eigenvalue weighted by molar-refractivity contribution is 0.224. The molecule has 0 bridgehead atoms. The predicted octanol–water partition coefficient (Wildman–Crippen LogP) is 3.85. The van der Waals surface area contributed by atoms with E-state index in [1.807, 2.05) is 29.8 Å². The fourth-order valence-electron chi connectivity index (χ4n) is 1.32. The lowest BCUT2D eigenvalue weighted by Gasteiger charge is -2.08. The monoisotopic (exact) mass is 244 g/mol. The molecule has 1 atom stereocenters. The van der Waals surface area contributed by atoms with Gasteiger partial charge in [0.05, 0.1) is 9.90 Å². The largest absolute Gasteiger partial charge is 0.383 e. The summed E-state index contributed by atoms with van der Waals surface area (Å²) in [5.74, 6) is 0. The van der Waals surface area contributed by atoms with E-state index in [1.165, 1.54) is 11.3 Å². The van der Waals surface area contributed by atoms with Gasteiger partial charge in [0.15, 0.2) is 0 Å². The highest BCUT2D eigenvalue weighted by Crippen LogP contribution is 2.35. The number of hydrogen-bond acceptors (Lipinski definition) is 3. The Bertz CT molecular complexity index is 393. The number of thiophene rings is 2. The Balaban J connectivity index is 2.38. The van der Waals surface area contributed by atoms with Gasteiger partial charge in [-0.25, -0.2) is 0 Å². The highest BCUT2D eigenvalue weighted by molar-refractivity contribution is 7.11. The first-order valence-corrected chi connectivity index (χ1v) is 6.29. The van der Waals surface area contributed by atoms with Gasteiger partial charge in [0, 0.05) is 4.88 Å². The topological polar surface area (TPSA) is 20.2 Å². The maximum atomic E-state index is 10.1. The Morgan fingerprint density at radius 1 is 1.29 bits per heavy atom. The van der Waals surface area contributed by atoms with E-state index >= 15 is 0 Å². The predicted molar refractivity (Wildman–Crippen MR) is 62.4 cm³/mol. The minimum absolute atomic E-state index is 0.575. The lowest BCUT2D eigenvalue weighted by atomic mass is 10.1. The molecule has 0 aliphatic carbocycles. The molecule has 1 unspecified atom stereocenters. The van der Waals surface area contributed by atoms with Gasteiger partial charge in [0.25, 0.3) is 0 Å². The van der Waals surface area contributed by atoms with Gasteiger partial charge in [0.1, 0.15) is 6.10 Å². The summed E-state index contributed by atoms with van der Waals surface area (Å²) in [4.78, 5) is 1.97. The van der Waals surface area contributed by atoms with Gasteiger partial charge in [-0.3, -0.25) is 0 Å². The highest BCUT2D eigenvalue weighted by Gasteiger charge is 2.17. The molecule has 0 aliphatic rings. The third-order valence-corrected chi connectivity index (χ3v) is 4.36. The molecule has 1 nitrogen and oxygen atoms in total. The second kappa shape index (κ2) is 4.03. The van der Waals surface area contributed by atoms with Crippen LogP contribution in [0.2, 0.25) is 5.02 Å². The second-order valence-corrected chi connectivity index (χ2v) is 5.44. The third kappa shape index (κ3) is 1.73.